The average molecular weight is 283 g/mol. The average Bonchev–Trinajstić information content (AvgIpc) is 2.69. The smallest absolute Gasteiger partial charge is 0.105 e. The van der Waals surface area contributed by atoms with Crippen molar-refractivity contribution in [3.05, 3.63) is 28.8 Å². The van der Waals surface area contributed by atoms with Crippen molar-refractivity contribution >= 4 is 34.5 Å². The van der Waals surface area contributed by atoms with Gasteiger partial charge in [-0.3, -0.25) is 0 Å². The predicted molar refractivity (Wildman–Crippen MR) is 82.6 cm³/mol. The van der Waals surface area contributed by atoms with Crippen LogP contribution in [0, 0.1) is 0 Å². The highest BCUT2D eigenvalue weighted by molar-refractivity contribution is 7.80. The number of nitrogens with two attached hydrogens (primary N) is 1. The minimum Gasteiger partial charge on any atom is -0.389 e. The third kappa shape index (κ3) is 2.47. The molecular weight excluding hydrogens is 264 g/mol. The second kappa shape index (κ2) is 5.45. The molecule has 0 amide bonds. The Morgan fingerprint density at radius 3 is 2.78 bits per heavy atom. The van der Waals surface area contributed by atoms with Gasteiger partial charge in [-0.25, -0.2) is 0 Å². The molecule has 2 unspecified atom stereocenters. The second-order valence-electron chi connectivity index (χ2n) is 4.92. The van der Waals surface area contributed by atoms with E-state index in [2.05, 4.69) is 24.8 Å². The monoisotopic (exact) mass is 282 g/mol. The fourth-order valence-corrected chi connectivity index (χ4v) is 3.31. The van der Waals surface area contributed by atoms with Gasteiger partial charge in [0.15, 0.2) is 0 Å². The lowest BCUT2D eigenvalue weighted by Gasteiger charge is -2.30. The van der Waals surface area contributed by atoms with Crippen LogP contribution in [0.25, 0.3) is 0 Å². The van der Waals surface area contributed by atoms with Crippen LogP contribution in [0.3, 0.4) is 0 Å². The molecule has 1 aromatic carbocycles. The largest absolute Gasteiger partial charge is 0.389 e. The second-order valence-corrected chi connectivity index (χ2v) is 5.77. The maximum absolute atomic E-state index is 6.25. The van der Waals surface area contributed by atoms with E-state index in [1.807, 2.05) is 12.1 Å². The first kappa shape index (κ1) is 13.6. The molecule has 0 saturated carbocycles. The van der Waals surface area contributed by atoms with Gasteiger partial charge in [0.1, 0.15) is 4.99 Å². The summed E-state index contributed by atoms with van der Waals surface area (Å²) in [5.74, 6) is 0. The van der Waals surface area contributed by atoms with Crippen LogP contribution in [-0.2, 0) is 0 Å². The zero-order valence-electron chi connectivity index (χ0n) is 10.8. The molecule has 18 heavy (non-hydrogen) atoms. The SMILES string of the molecule is CCC1CCC(C)N1c1ccc(C(N)=S)c(Cl)c1. The van der Waals surface area contributed by atoms with E-state index in [0.29, 0.717) is 22.1 Å². The molecule has 0 spiro atoms. The lowest BCUT2D eigenvalue weighted by Crippen LogP contribution is -2.34. The zero-order valence-corrected chi connectivity index (χ0v) is 12.4. The first-order valence-electron chi connectivity index (χ1n) is 6.42. The highest BCUT2D eigenvalue weighted by Crippen LogP contribution is 2.34. The summed E-state index contributed by atoms with van der Waals surface area (Å²) < 4.78 is 0. The molecule has 1 fully saturated rings. The van der Waals surface area contributed by atoms with Gasteiger partial charge in [-0.2, -0.15) is 0 Å². The quantitative estimate of drug-likeness (QED) is 0.857. The van der Waals surface area contributed by atoms with Crippen LogP contribution in [0.1, 0.15) is 38.7 Å². The summed E-state index contributed by atoms with van der Waals surface area (Å²) in [6.45, 7) is 4.51. The van der Waals surface area contributed by atoms with Crippen molar-refractivity contribution in [1.82, 2.24) is 0 Å². The maximum atomic E-state index is 6.25. The third-order valence-corrected chi connectivity index (χ3v) is 4.31. The van der Waals surface area contributed by atoms with E-state index >= 15 is 0 Å². The van der Waals surface area contributed by atoms with Crippen molar-refractivity contribution in [3.8, 4) is 0 Å². The van der Waals surface area contributed by atoms with Gasteiger partial charge in [-0.1, -0.05) is 30.7 Å². The summed E-state index contributed by atoms with van der Waals surface area (Å²) in [5, 5.41) is 0.647. The molecule has 2 atom stereocenters. The molecule has 0 aromatic heterocycles. The number of rotatable bonds is 3. The Hall–Kier alpha value is -0.800. The molecule has 1 aliphatic heterocycles. The van der Waals surface area contributed by atoms with E-state index in [9.17, 15) is 0 Å². The number of halogens is 1. The van der Waals surface area contributed by atoms with Crippen LogP contribution in [-0.4, -0.2) is 17.1 Å². The molecule has 0 aliphatic carbocycles. The Labute approximate surface area is 119 Å². The molecule has 0 radical (unpaired) electrons. The van der Waals surface area contributed by atoms with Gasteiger partial charge in [0, 0.05) is 23.3 Å². The molecule has 1 aromatic rings. The molecule has 4 heteroatoms. The molecule has 1 aliphatic rings. The summed E-state index contributed by atoms with van der Waals surface area (Å²) in [6.07, 6.45) is 3.67. The predicted octanol–water partition coefficient (Wildman–Crippen LogP) is 3.74. The molecule has 1 heterocycles. The van der Waals surface area contributed by atoms with E-state index in [4.69, 9.17) is 29.6 Å². The Morgan fingerprint density at radius 1 is 1.50 bits per heavy atom. The first-order valence-corrected chi connectivity index (χ1v) is 7.21. The van der Waals surface area contributed by atoms with Crippen LogP contribution < -0.4 is 10.6 Å². The fourth-order valence-electron chi connectivity index (χ4n) is 2.80. The Kier molecular flexibility index (Phi) is 4.13. The fraction of sp³-hybridized carbons (Fsp3) is 0.500. The Morgan fingerprint density at radius 2 is 2.22 bits per heavy atom. The van der Waals surface area contributed by atoms with Gasteiger partial charge in [0.05, 0.1) is 5.02 Å². The third-order valence-electron chi connectivity index (χ3n) is 3.77. The van der Waals surface area contributed by atoms with Crippen molar-refractivity contribution in [3.63, 3.8) is 0 Å². The number of thiocarbonyl (C=S) groups is 1. The van der Waals surface area contributed by atoms with Gasteiger partial charge >= 0.3 is 0 Å². The summed E-state index contributed by atoms with van der Waals surface area (Å²) in [4.78, 5) is 2.82. The van der Waals surface area contributed by atoms with E-state index in [0.717, 1.165) is 5.56 Å². The van der Waals surface area contributed by atoms with Crippen molar-refractivity contribution < 1.29 is 0 Å². The number of hydrogen-bond acceptors (Lipinski definition) is 2. The van der Waals surface area contributed by atoms with Gasteiger partial charge in [0.25, 0.3) is 0 Å². The number of hydrogen-bond donors (Lipinski definition) is 1. The molecule has 98 valence electrons. The van der Waals surface area contributed by atoms with Crippen LogP contribution in [0.2, 0.25) is 5.02 Å². The normalized spacial score (nSPS) is 23.4. The van der Waals surface area contributed by atoms with E-state index in [-0.39, 0.29) is 0 Å². The van der Waals surface area contributed by atoms with E-state index < -0.39 is 0 Å². The summed E-state index contributed by atoms with van der Waals surface area (Å²) >= 11 is 11.2. The molecule has 2 nitrogen and oxygen atoms in total. The van der Waals surface area contributed by atoms with Gasteiger partial charge < -0.3 is 10.6 Å². The highest BCUT2D eigenvalue weighted by atomic mass is 35.5. The number of benzene rings is 1. The Balaban J connectivity index is 2.33. The van der Waals surface area contributed by atoms with Crippen molar-refractivity contribution in [2.75, 3.05) is 4.90 Å². The van der Waals surface area contributed by atoms with Crippen LogP contribution >= 0.6 is 23.8 Å². The zero-order chi connectivity index (χ0) is 13.3. The molecule has 0 bridgehead atoms. The summed E-state index contributed by atoms with van der Waals surface area (Å²) in [6, 6.07) is 7.18. The van der Waals surface area contributed by atoms with Gasteiger partial charge in [-0.05, 0) is 44.4 Å². The van der Waals surface area contributed by atoms with Crippen molar-refractivity contribution in [2.24, 2.45) is 5.73 Å². The standard InChI is InChI=1S/C14H19ClN2S/c1-3-10-5-4-9(2)17(10)11-6-7-12(14(16)18)13(15)8-11/h6-10H,3-5H2,1-2H3,(H2,16,18). The molecule has 2 N–H and O–H groups in total. The minimum atomic E-state index is 0.355. The first-order chi connectivity index (χ1) is 8.54. The molecule has 1 saturated heterocycles. The van der Waals surface area contributed by atoms with Crippen molar-refractivity contribution in [2.45, 2.75) is 45.2 Å². The lowest BCUT2D eigenvalue weighted by molar-refractivity contribution is 0.628. The number of nitrogens with zero attached hydrogens (tertiary/aromatic N) is 1. The van der Waals surface area contributed by atoms with Crippen LogP contribution in [0.15, 0.2) is 18.2 Å². The van der Waals surface area contributed by atoms with Crippen LogP contribution in [0.4, 0.5) is 5.69 Å². The highest BCUT2D eigenvalue weighted by Gasteiger charge is 2.29. The topological polar surface area (TPSA) is 29.3 Å². The summed E-state index contributed by atoms with van der Waals surface area (Å²) in [5.41, 5.74) is 7.57. The maximum Gasteiger partial charge on any atom is 0.105 e. The van der Waals surface area contributed by atoms with Gasteiger partial charge in [0.2, 0.25) is 0 Å². The lowest BCUT2D eigenvalue weighted by atomic mass is 10.1. The molecular formula is C14H19ClN2S. The van der Waals surface area contributed by atoms with E-state index in [1.54, 1.807) is 0 Å². The van der Waals surface area contributed by atoms with Crippen molar-refractivity contribution in [1.29, 1.82) is 0 Å². The minimum absolute atomic E-state index is 0.355. The molecule has 2 rings (SSSR count). The van der Waals surface area contributed by atoms with Crippen LogP contribution in [0.5, 0.6) is 0 Å². The number of anilines is 1. The van der Waals surface area contributed by atoms with E-state index in [1.165, 1.54) is 24.9 Å². The van der Waals surface area contributed by atoms with Gasteiger partial charge in [-0.15, -0.1) is 0 Å². The Bertz CT molecular complexity index is 461. The summed E-state index contributed by atoms with van der Waals surface area (Å²) in [7, 11) is 0.